The van der Waals surface area contributed by atoms with E-state index in [1.54, 1.807) is 7.11 Å². The molecule has 1 saturated carbocycles. The minimum Gasteiger partial charge on any atom is -0.383 e. The second kappa shape index (κ2) is 7.90. The number of ketones is 1. The third-order valence-corrected chi connectivity index (χ3v) is 4.65. The van der Waals surface area contributed by atoms with Crippen molar-refractivity contribution in [2.45, 2.75) is 57.5 Å². The highest BCUT2D eigenvalue weighted by molar-refractivity contribution is 5.82. The number of ether oxygens (including phenoxy) is 1. The third-order valence-electron chi connectivity index (χ3n) is 4.65. The number of nitrogens with zero attached hydrogens (tertiary/aromatic N) is 1. The van der Waals surface area contributed by atoms with Crippen molar-refractivity contribution in [3.63, 3.8) is 0 Å². The molecule has 5 nitrogen and oxygen atoms in total. The summed E-state index contributed by atoms with van der Waals surface area (Å²) in [6, 6.07) is 0.307. The van der Waals surface area contributed by atoms with E-state index in [1.807, 2.05) is 6.92 Å². The molecule has 21 heavy (non-hydrogen) atoms. The fourth-order valence-corrected chi connectivity index (χ4v) is 3.72. The van der Waals surface area contributed by atoms with Gasteiger partial charge in [0.25, 0.3) is 0 Å². The van der Waals surface area contributed by atoms with E-state index in [-0.39, 0.29) is 23.9 Å². The van der Waals surface area contributed by atoms with Crippen LogP contribution in [0.5, 0.6) is 0 Å². The predicted octanol–water partition coefficient (Wildman–Crippen LogP) is 1.36. The predicted molar refractivity (Wildman–Crippen MR) is 81.0 cm³/mol. The average Bonchev–Trinajstić information content (AvgIpc) is 2.87. The van der Waals surface area contributed by atoms with Gasteiger partial charge in [-0.2, -0.15) is 0 Å². The van der Waals surface area contributed by atoms with Crippen molar-refractivity contribution in [1.29, 1.82) is 0 Å². The Balaban J connectivity index is 1.86. The molecule has 0 spiro atoms. The van der Waals surface area contributed by atoms with E-state index < -0.39 is 0 Å². The van der Waals surface area contributed by atoms with Crippen LogP contribution in [0.25, 0.3) is 0 Å². The monoisotopic (exact) mass is 296 g/mol. The van der Waals surface area contributed by atoms with Crippen LogP contribution >= 0.6 is 0 Å². The van der Waals surface area contributed by atoms with Crippen molar-refractivity contribution in [1.82, 2.24) is 10.2 Å². The molecule has 1 aliphatic carbocycles. The maximum Gasteiger partial charge on any atom is 0.234 e. The summed E-state index contributed by atoms with van der Waals surface area (Å²) >= 11 is 0. The number of carbonyl (C=O) groups excluding carboxylic acids is 2. The van der Waals surface area contributed by atoms with Gasteiger partial charge in [0.1, 0.15) is 5.78 Å². The summed E-state index contributed by atoms with van der Waals surface area (Å²) in [7, 11) is 1.63. The standard InChI is InChI=1S/C16H28N2O3/c1-12(11-21-2)17-16(20)10-18-9-5-7-14(18)13-6-3-4-8-15(13)19/h12-14H,3-11H2,1-2H3,(H,17,20). The summed E-state index contributed by atoms with van der Waals surface area (Å²) in [5.41, 5.74) is 0. The van der Waals surface area contributed by atoms with E-state index >= 15 is 0 Å². The third kappa shape index (κ3) is 4.51. The van der Waals surface area contributed by atoms with Gasteiger partial charge in [-0.05, 0) is 39.2 Å². The Bertz CT molecular complexity index is 373. The highest BCUT2D eigenvalue weighted by Crippen LogP contribution is 2.32. The molecule has 2 fully saturated rings. The molecule has 1 saturated heterocycles. The second-order valence-electron chi connectivity index (χ2n) is 6.42. The second-order valence-corrected chi connectivity index (χ2v) is 6.42. The minimum atomic E-state index is 0.0277. The van der Waals surface area contributed by atoms with Crippen molar-refractivity contribution >= 4 is 11.7 Å². The number of amides is 1. The zero-order chi connectivity index (χ0) is 15.2. The highest BCUT2D eigenvalue weighted by atomic mass is 16.5. The van der Waals surface area contributed by atoms with Crippen LogP contribution in [0, 0.1) is 5.92 Å². The zero-order valence-corrected chi connectivity index (χ0v) is 13.3. The van der Waals surface area contributed by atoms with Crippen LogP contribution < -0.4 is 5.32 Å². The quantitative estimate of drug-likeness (QED) is 0.804. The van der Waals surface area contributed by atoms with Crippen molar-refractivity contribution < 1.29 is 14.3 Å². The van der Waals surface area contributed by atoms with E-state index in [4.69, 9.17) is 4.74 Å². The van der Waals surface area contributed by atoms with Crippen molar-refractivity contribution in [3.8, 4) is 0 Å². The number of methoxy groups -OCH3 is 1. The molecule has 0 bridgehead atoms. The lowest BCUT2D eigenvalue weighted by Gasteiger charge is -2.32. The van der Waals surface area contributed by atoms with Crippen molar-refractivity contribution in [3.05, 3.63) is 0 Å². The Morgan fingerprint density at radius 3 is 2.90 bits per heavy atom. The molecule has 3 unspecified atom stereocenters. The number of hydrogen-bond acceptors (Lipinski definition) is 4. The van der Waals surface area contributed by atoms with Gasteiger partial charge in [-0.3, -0.25) is 14.5 Å². The van der Waals surface area contributed by atoms with E-state index in [2.05, 4.69) is 10.2 Å². The molecule has 1 N–H and O–H groups in total. The average molecular weight is 296 g/mol. The van der Waals surface area contributed by atoms with Gasteiger partial charge in [0, 0.05) is 31.5 Å². The van der Waals surface area contributed by atoms with Gasteiger partial charge in [-0.15, -0.1) is 0 Å². The molecular weight excluding hydrogens is 268 g/mol. The first-order chi connectivity index (χ1) is 10.1. The van der Waals surface area contributed by atoms with Crippen molar-refractivity contribution in [2.75, 3.05) is 26.8 Å². The Hall–Kier alpha value is -0.940. The minimum absolute atomic E-state index is 0.0277. The molecule has 2 rings (SSSR count). The summed E-state index contributed by atoms with van der Waals surface area (Å²) in [5.74, 6) is 0.603. The molecule has 0 aromatic carbocycles. The first kappa shape index (κ1) is 16.4. The number of rotatable bonds is 6. The van der Waals surface area contributed by atoms with Gasteiger partial charge in [0.2, 0.25) is 5.91 Å². The zero-order valence-electron chi connectivity index (χ0n) is 13.3. The molecule has 1 amide bonds. The van der Waals surface area contributed by atoms with Crippen LogP contribution in [-0.4, -0.2) is 55.5 Å². The number of hydrogen-bond donors (Lipinski definition) is 1. The van der Waals surface area contributed by atoms with Gasteiger partial charge in [-0.1, -0.05) is 6.42 Å². The molecule has 2 aliphatic rings. The summed E-state index contributed by atoms with van der Waals surface area (Å²) in [6.45, 7) is 3.80. The van der Waals surface area contributed by atoms with Crippen LogP contribution in [0.2, 0.25) is 0 Å². The molecule has 0 aromatic heterocycles. The maximum atomic E-state index is 12.1. The number of Topliss-reactive ketones (excluding diaryl/α,β-unsaturated/α-hetero) is 1. The smallest absolute Gasteiger partial charge is 0.234 e. The van der Waals surface area contributed by atoms with Crippen LogP contribution in [0.4, 0.5) is 0 Å². The summed E-state index contributed by atoms with van der Waals surface area (Å²) in [6.07, 6.45) is 6.06. The molecule has 0 aromatic rings. The van der Waals surface area contributed by atoms with Gasteiger partial charge >= 0.3 is 0 Å². The van der Waals surface area contributed by atoms with Gasteiger partial charge in [0.15, 0.2) is 0 Å². The van der Waals surface area contributed by atoms with Crippen LogP contribution in [0.15, 0.2) is 0 Å². The fourth-order valence-electron chi connectivity index (χ4n) is 3.72. The van der Waals surface area contributed by atoms with Gasteiger partial charge < -0.3 is 10.1 Å². The lowest BCUT2D eigenvalue weighted by molar-refractivity contribution is -0.129. The lowest BCUT2D eigenvalue weighted by Crippen LogP contribution is -2.47. The van der Waals surface area contributed by atoms with Gasteiger partial charge in [0.05, 0.1) is 13.2 Å². The number of carbonyl (C=O) groups is 2. The van der Waals surface area contributed by atoms with Crippen LogP contribution in [0.3, 0.4) is 0 Å². The topological polar surface area (TPSA) is 58.6 Å². The first-order valence-corrected chi connectivity index (χ1v) is 8.17. The Morgan fingerprint density at radius 2 is 2.19 bits per heavy atom. The Kier molecular flexibility index (Phi) is 6.18. The largest absolute Gasteiger partial charge is 0.383 e. The molecule has 0 radical (unpaired) electrons. The number of likely N-dealkylation sites (tertiary alicyclic amines) is 1. The summed E-state index contributed by atoms with van der Waals surface area (Å²) in [5, 5.41) is 2.95. The molecule has 3 atom stereocenters. The van der Waals surface area contributed by atoms with Gasteiger partial charge in [-0.25, -0.2) is 0 Å². The molecule has 5 heteroatoms. The molecular formula is C16H28N2O3. The Morgan fingerprint density at radius 1 is 1.38 bits per heavy atom. The Labute approximate surface area is 127 Å². The van der Waals surface area contributed by atoms with E-state index in [1.165, 1.54) is 0 Å². The normalized spacial score (nSPS) is 28.6. The molecule has 120 valence electrons. The lowest BCUT2D eigenvalue weighted by atomic mass is 9.82. The van der Waals surface area contributed by atoms with E-state index in [0.29, 0.717) is 18.9 Å². The fraction of sp³-hybridized carbons (Fsp3) is 0.875. The summed E-state index contributed by atoms with van der Waals surface area (Å²) < 4.78 is 5.03. The van der Waals surface area contributed by atoms with Crippen molar-refractivity contribution in [2.24, 2.45) is 5.92 Å². The van der Waals surface area contributed by atoms with E-state index in [0.717, 1.165) is 45.1 Å². The maximum absolute atomic E-state index is 12.1. The number of nitrogens with one attached hydrogen (secondary N) is 1. The van der Waals surface area contributed by atoms with Crippen LogP contribution in [0.1, 0.15) is 45.4 Å². The highest BCUT2D eigenvalue weighted by Gasteiger charge is 2.37. The van der Waals surface area contributed by atoms with Crippen LogP contribution in [-0.2, 0) is 14.3 Å². The molecule has 1 aliphatic heterocycles. The first-order valence-electron chi connectivity index (χ1n) is 8.17. The SMILES string of the molecule is COCC(C)NC(=O)CN1CCCC1C1CCCCC1=O. The van der Waals surface area contributed by atoms with E-state index in [9.17, 15) is 9.59 Å². The summed E-state index contributed by atoms with van der Waals surface area (Å²) in [4.78, 5) is 26.4. The molecule has 1 heterocycles.